The maximum Gasteiger partial charge on any atom is 0.573 e. The van der Waals surface area contributed by atoms with E-state index in [1.807, 2.05) is 5.32 Å². The fraction of sp³-hybridized carbons (Fsp3) is 0.111. The highest BCUT2D eigenvalue weighted by Crippen LogP contribution is 2.34. The Labute approximate surface area is 163 Å². The predicted molar refractivity (Wildman–Crippen MR) is 89.6 cm³/mol. The number of carbonyl (C=O) groups is 1. The fourth-order valence-electron chi connectivity index (χ4n) is 2.56. The third-order valence-electron chi connectivity index (χ3n) is 3.69. The van der Waals surface area contributed by atoms with Gasteiger partial charge in [0.1, 0.15) is 17.3 Å². The van der Waals surface area contributed by atoms with Crippen molar-refractivity contribution in [3.8, 4) is 11.4 Å². The summed E-state index contributed by atoms with van der Waals surface area (Å²) in [7, 11) is 0. The van der Waals surface area contributed by atoms with Crippen molar-refractivity contribution in [2.24, 2.45) is 0 Å². The van der Waals surface area contributed by atoms with Gasteiger partial charge >= 0.3 is 12.5 Å². The summed E-state index contributed by atoms with van der Waals surface area (Å²) in [6, 6.07) is 8.48. The van der Waals surface area contributed by atoms with Crippen molar-refractivity contribution in [2.45, 2.75) is 12.5 Å². The molecule has 0 atom stereocenters. The summed E-state index contributed by atoms with van der Waals surface area (Å²) >= 11 is 0. The number of para-hydroxylation sites is 1. The first-order valence-corrected chi connectivity index (χ1v) is 8.03. The molecule has 0 fully saturated rings. The van der Waals surface area contributed by atoms with Crippen molar-refractivity contribution < 1.29 is 40.3 Å². The normalized spacial score (nSPS) is 12.0. The van der Waals surface area contributed by atoms with Crippen molar-refractivity contribution in [1.29, 1.82) is 0 Å². The van der Waals surface area contributed by atoms with Crippen molar-refractivity contribution in [2.75, 3.05) is 5.32 Å². The van der Waals surface area contributed by atoms with Gasteiger partial charge in [-0.1, -0.05) is 18.2 Å². The van der Waals surface area contributed by atoms with Crippen LogP contribution in [0.2, 0.25) is 0 Å². The van der Waals surface area contributed by atoms with E-state index in [1.165, 1.54) is 12.1 Å². The number of alkyl halides is 6. The van der Waals surface area contributed by atoms with Gasteiger partial charge in [0, 0.05) is 11.8 Å². The molecule has 3 rings (SSSR count). The Bertz CT molecular complexity index is 1070. The van der Waals surface area contributed by atoms with Crippen LogP contribution in [0.1, 0.15) is 16.1 Å². The number of amides is 1. The minimum Gasteiger partial charge on any atom is -0.406 e. The molecular formula is C18H10F7N3O2. The molecule has 0 unspecified atom stereocenters. The van der Waals surface area contributed by atoms with E-state index < -0.39 is 47.0 Å². The molecule has 12 heteroatoms. The molecule has 0 aliphatic heterocycles. The molecule has 0 radical (unpaired) electrons. The first-order valence-electron chi connectivity index (χ1n) is 8.03. The highest BCUT2D eigenvalue weighted by Gasteiger charge is 2.41. The molecule has 5 nitrogen and oxygen atoms in total. The molecule has 0 aliphatic carbocycles. The number of halogens is 7. The Hall–Kier alpha value is -3.57. The second kappa shape index (κ2) is 7.69. The standard InChI is InChI=1S/C18H10F7N3O2/c19-13-6-1-2-7-14(13)28-15(17(20,21)22)12(9-26-28)16(29)27-10-4-3-5-11(8-10)30-18(23,24)25/h1-9H,(H,27,29). The van der Waals surface area contributed by atoms with E-state index in [1.54, 1.807) is 0 Å². The number of rotatable bonds is 4. The summed E-state index contributed by atoms with van der Waals surface area (Å²) in [5.41, 5.74) is -3.29. The minimum absolute atomic E-state index is 0.230. The van der Waals surface area contributed by atoms with E-state index >= 15 is 0 Å². The lowest BCUT2D eigenvalue weighted by Crippen LogP contribution is -2.21. The van der Waals surface area contributed by atoms with Gasteiger partial charge in [-0.2, -0.15) is 18.3 Å². The van der Waals surface area contributed by atoms with Gasteiger partial charge in [-0.25, -0.2) is 9.07 Å². The molecule has 158 valence electrons. The second-order valence-electron chi connectivity index (χ2n) is 5.80. The van der Waals surface area contributed by atoms with E-state index in [4.69, 9.17) is 0 Å². The Balaban J connectivity index is 1.96. The smallest absolute Gasteiger partial charge is 0.406 e. The average Bonchev–Trinajstić information content (AvgIpc) is 3.06. The van der Waals surface area contributed by atoms with Crippen LogP contribution in [0.3, 0.4) is 0 Å². The monoisotopic (exact) mass is 433 g/mol. The number of benzene rings is 2. The lowest BCUT2D eigenvalue weighted by atomic mass is 10.2. The van der Waals surface area contributed by atoms with E-state index in [0.29, 0.717) is 6.20 Å². The quantitative estimate of drug-likeness (QED) is 0.577. The van der Waals surface area contributed by atoms with Crippen molar-refractivity contribution in [1.82, 2.24) is 9.78 Å². The number of hydrogen-bond acceptors (Lipinski definition) is 3. The van der Waals surface area contributed by atoms with Crippen molar-refractivity contribution in [3.05, 3.63) is 71.8 Å². The molecule has 30 heavy (non-hydrogen) atoms. The maximum absolute atomic E-state index is 13.9. The average molecular weight is 433 g/mol. The lowest BCUT2D eigenvalue weighted by molar-refractivity contribution is -0.274. The molecule has 3 aromatic rings. The van der Waals surface area contributed by atoms with Crippen molar-refractivity contribution in [3.63, 3.8) is 0 Å². The zero-order chi connectivity index (χ0) is 22.1. The van der Waals surface area contributed by atoms with Crippen LogP contribution in [0.25, 0.3) is 5.69 Å². The van der Waals surface area contributed by atoms with Gasteiger partial charge in [0.25, 0.3) is 5.91 Å². The van der Waals surface area contributed by atoms with Crippen LogP contribution in [0, 0.1) is 5.82 Å². The number of anilines is 1. The molecule has 1 aromatic heterocycles. The highest BCUT2D eigenvalue weighted by atomic mass is 19.4. The molecule has 1 heterocycles. The van der Waals surface area contributed by atoms with Crippen LogP contribution in [0.15, 0.2) is 54.7 Å². The van der Waals surface area contributed by atoms with E-state index in [-0.39, 0.29) is 10.4 Å². The van der Waals surface area contributed by atoms with Crippen LogP contribution in [0.5, 0.6) is 5.75 Å². The number of nitrogens with zero attached hydrogens (tertiary/aromatic N) is 2. The van der Waals surface area contributed by atoms with Gasteiger partial charge in [-0.3, -0.25) is 4.79 Å². The Kier molecular flexibility index (Phi) is 5.42. The van der Waals surface area contributed by atoms with Crippen LogP contribution >= 0.6 is 0 Å². The van der Waals surface area contributed by atoms with Gasteiger partial charge in [0.2, 0.25) is 0 Å². The number of nitrogens with one attached hydrogen (secondary N) is 1. The van der Waals surface area contributed by atoms with E-state index in [2.05, 4.69) is 9.84 Å². The van der Waals surface area contributed by atoms with Crippen LogP contribution in [-0.4, -0.2) is 22.1 Å². The molecule has 0 aliphatic rings. The third-order valence-corrected chi connectivity index (χ3v) is 3.69. The van der Waals surface area contributed by atoms with Crippen molar-refractivity contribution >= 4 is 11.6 Å². The van der Waals surface area contributed by atoms with Crippen LogP contribution < -0.4 is 10.1 Å². The number of aromatic nitrogens is 2. The summed E-state index contributed by atoms with van der Waals surface area (Å²) in [6.45, 7) is 0. The Morgan fingerprint density at radius 1 is 1.00 bits per heavy atom. The molecule has 0 bridgehead atoms. The summed E-state index contributed by atoms with van der Waals surface area (Å²) in [5, 5.41) is 5.51. The first-order chi connectivity index (χ1) is 14.0. The van der Waals surface area contributed by atoms with Crippen LogP contribution in [0.4, 0.5) is 36.4 Å². The third kappa shape index (κ3) is 4.70. The molecular weight excluding hydrogens is 423 g/mol. The van der Waals surface area contributed by atoms with Gasteiger partial charge in [-0.05, 0) is 24.3 Å². The van der Waals surface area contributed by atoms with E-state index in [0.717, 1.165) is 36.4 Å². The van der Waals surface area contributed by atoms with Gasteiger partial charge in [-0.15, -0.1) is 13.2 Å². The van der Waals surface area contributed by atoms with Gasteiger partial charge in [0.15, 0.2) is 5.69 Å². The summed E-state index contributed by atoms with van der Waals surface area (Å²) in [5.74, 6) is -3.00. The Morgan fingerprint density at radius 3 is 2.33 bits per heavy atom. The lowest BCUT2D eigenvalue weighted by Gasteiger charge is -2.14. The topological polar surface area (TPSA) is 56.1 Å². The Morgan fingerprint density at radius 2 is 1.70 bits per heavy atom. The maximum atomic E-state index is 13.9. The van der Waals surface area contributed by atoms with Crippen LogP contribution in [-0.2, 0) is 6.18 Å². The SMILES string of the molecule is O=C(Nc1cccc(OC(F)(F)F)c1)c1cnn(-c2ccccc2F)c1C(F)(F)F. The summed E-state index contributed by atoms with van der Waals surface area (Å²) in [4.78, 5) is 12.4. The molecule has 0 saturated heterocycles. The number of hydrogen-bond donors (Lipinski definition) is 1. The zero-order valence-electron chi connectivity index (χ0n) is 14.6. The molecule has 0 saturated carbocycles. The molecule has 1 amide bonds. The largest absolute Gasteiger partial charge is 0.573 e. The van der Waals surface area contributed by atoms with E-state index in [9.17, 15) is 35.5 Å². The zero-order valence-corrected chi connectivity index (χ0v) is 14.6. The second-order valence-corrected chi connectivity index (χ2v) is 5.80. The summed E-state index contributed by atoms with van der Waals surface area (Å²) in [6.07, 6.45) is -9.50. The highest BCUT2D eigenvalue weighted by molar-refractivity contribution is 6.05. The number of ether oxygens (including phenoxy) is 1. The first kappa shape index (κ1) is 21.1. The fourth-order valence-corrected chi connectivity index (χ4v) is 2.56. The molecule has 0 spiro atoms. The van der Waals surface area contributed by atoms with Gasteiger partial charge in [0.05, 0.1) is 11.8 Å². The minimum atomic E-state index is -5.09. The molecule has 2 aromatic carbocycles. The predicted octanol–water partition coefficient (Wildman–Crippen LogP) is 5.18. The summed E-state index contributed by atoms with van der Waals surface area (Å²) < 4.78 is 95.6. The number of carbonyl (C=O) groups excluding carboxylic acids is 1. The van der Waals surface area contributed by atoms with Gasteiger partial charge < -0.3 is 10.1 Å². The molecule has 1 N–H and O–H groups in total.